The number of hydrogen-bond acceptors (Lipinski definition) is 4. The van der Waals surface area contributed by atoms with Crippen molar-refractivity contribution in [3.8, 4) is 11.1 Å². The van der Waals surface area contributed by atoms with Gasteiger partial charge < -0.3 is 19.7 Å². The highest BCUT2D eigenvalue weighted by atomic mass is 16.5. The maximum Gasteiger partial charge on any atom is 0.407 e. The number of fused-ring (bicyclic) bond motifs is 3. The van der Waals surface area contributed by atoms with Crippen LogP contribution in [-0.4, -0.2) is 33.3 Å². The molecule has 2 aliphatic carbocycles. The first-order valence-electron chi connectivity index (χ1n) is 10.3. The van der Waals surface area contributed by atoms with E-state index in [0.29, 0.717) is 12.8 Å². The number of amides is 1. The number of ether oxygens (including phenoxy) is 1. The van der Waals surface area contributed by atoms with Crippen LogP contribution in [0.3, 0.4) is 0 Å². The molecule has 0 radical (unpaired) electrons. The normalized spacial score (nSPS) is 21.6. The van der Waals surface area contributed by atoms with Crippen molar-refractivity contribution in [1.82, 2.24) is 14.9 Å². The van der Waals surface area contributed by atoms with Gasteiger partial charge >= 0.3 is 12.1 Å². The zero-order chi connectivity index (χ0) is 21.6. The standard InChI is InChI=1S/C24H23N3O4/c1-27-14-25-12-21(27)24(10-15(11-24)22(28)29)26-23(30)31-13-20-18-8-4-2-6-16(18)17-7-3-5-9-19(17)20/h2-9,12,14-15,20H,10-11,13H2,1H3,(H,26,30)(H,28,29). The summed E-state index contributed by atoms with van der Waals surface area (Å²) in [6, 6.07) is 16.3. The first kappa shape index (κ1) is 19.4. The summed E-state index contributed by atoms with van der Waals surface area (Å²) in [5.41, 5.74) is 4.62. The number of imidazole rings is 1. The van der Waals surface area contributed by atoms with Crippen molar-refractivity contribution in [2.45, 2.75) is 24.3 Å². The second-order valence-corrected chi connectivity index (χ2v) is 8.37. The van der Waals surface area contributed by atoms with Crippen molar-refractivity contribution in [3.05, 3.63) is 77.9 Å². The largest absolute Gasteiger partial charge is 0.481 e. The van der Waals surface area contributed by atoms with Crippen LogP contribution in [0.25, 0.3) is 11.1 Å². The van der Waals surface area contributed by atoms with E-state index < -0.39 is 23.5 Å². The molecule has 0 atom stereocenters. The Balaban J connectivity index is 1.33. The van der Waals surface area contributed by atoms with Crippen LogP contribution in [0.1, 0.15) is 35.6 Å². The minimum Gasteiger partial charge on any atom is -0.481 e. The summed E-state index contributed by atoms with van der Waals surface area (Å²) in [4.78, 5) is 28.3. The maximum atomic E-state index is 12.8. The Labute approximate surface area is 179 Å². The van der Waals surface area contributed by atoms with Crippen molar-refractivity contribution < 1.29 is 19.4 Å². The molecule has 2 N–H and O–H groups in total. The number of rotatable bonds is 5. The number of benzene rings is 2. The fraction of sp³-hybridized carbons (Fsp3) is 0.292. The molecule has 2 aliphatic rings. The molecule has 3 aromatic rings. The Morgan fingerprint density at radius 1 is 1.13 bits per heavy atom. The summed E-state index contributed by atoms with van der Waals surface area (Å²) < 4.78 is 7.48. The Morgan fingerprint density at radius 3 is 2.29 bits per heavy atom. The van der Waals surface area contributed by atoms with Crippen LogP contribution in [0.5, 0.6) is 0 Å². The number of carboxylic acid groups (broad SMARTS) is 1. The van der Waals surface area contributed by atoms with Gasteiger partial charge in [0.15, 0.2) is 0 Å². The lowest BCUT2D eigenvalue weighted by molar-refractivity contribution is -0.148. The molecule has 1 aromatic heterocycles. The second-order valence-electron chi connectivity index (χ2n) is 8.37. The lowest BCUT2D eigenvalue weighted by atomic mass is 9.66. The lowest BCUT2D eigenvalue weighted by Crippen LogP contribution is -2.57. The third kappa shape index (κ3) is 3.17. The fourth-order valence-electron chi connectivity index (χ4n) is 4.98. The van der Waals surface area contributed by atoms with E-state index in [0.717, 1.165) is 16.8 Å². The number of alkyl carbamates (subject to hydrolysis) is 1. The molecular formula is C24H23N3O4. The van der Waals surface area contributed by atoms with Gasteiger partial charge in [0.25, 0.3) is 0 Å². The van der Waals surface area contributed by atoms with Crippen LogP contribution in [0.2, 0.25) is 0 Å². The second kappa shape index (κ2) is 7.27. The highest BCUT2D eigenvalue weighted by Crippen LogP contribution is 2.46. The minimum absolute atomic E-state index is 0.0287. The molecule has 31 heavy (non-hydrogen) atoms. The number of carbonyl (C=O) groups is 2. The van der Waals surface area contributed by atoms with Gasteiger partial charge in [0.2, 0.25) is 0 Å². The first-order chi connectivity index (χ1) is 15.0. The number of aromatic nitrogens is 2. The molecule has 0 aliphatic heterocycles. The smallest absolute Gasteiger partial charge is 0.407 e. The van der Waals surface area contributed by atoms with Gasteiger partial charge in [-0.25, -0.2) is 9.78 Å². The predicted molar refractivity (Wildman–Crippen MR) is 113 cm³/mol. The van der Waals surface area contributed by atoms with Gasteiger partial charge in [-0.1, -0.05) is 48.5 Å². The first-order valence-corrected chi connectivity index (χ1v) is 10.3. The van der Waals surface area contributed by atoms with E-state index >= 15 is 0 Å². The monoisotopic (exact) mass is 417 g/mol. The molecule has 0 spiro atoms. The van der Waals surface area contributed by atoms with Crippen LogP contribution in [0, 0.1) is 5.92 Å². The van der Waals surface area contributed by atoms with E-state index in [2.05, 4.69) is 34.6 Å². The molecule has 0 saturated heterocycles. The molecule has 7 nitrogen and oxygen atoms in total. The van der Waals surface area contributed by atoms with E-state index in [1.165, 1.54) is 11.1 Å². The van der Waals surface area contributed by atoms with Gasteiger partial charge in [0.05, 0.1) is 29.7 Å². The van der Waals surface area contributed by atoms with Crippen LogP contribution in [0.15, 0.2) is 61.1 Å². The number of aliphatic carboxylic acids is 1. The number of aryl methyl sites for hydroxylation is 1. The van der Waals surface area contributed by atoms with Gasteiger partial charge in [-0.3, -0.25) is 4.79 Å². The van der Waals surface area contributed by atoms with E-state index in [9.17, 15) is 14.7 Å². The van der Waals surface area contributed by atoms with Gasteiger partial charge in [-0.05, 0) is 35.1 Å². The molecule has 1 amide bonds. The number of hydrogen-bond donors (Lipinski definition) is 2. The molecule has 0 bridgehead atoms. The summed E-state index contributed by atoms with van der Waals surface area (Å²) in [5.74, 6) is -1.38. The third-order valence-electron chi connectivity index (χ3n) is 6.53. The average Bonchev–Trinajstić information content (AvgIpc) is 3.30. The molecule has 1 heterocycles. The quantitative estimate of drug-likeness (QED) is 0.661. The van der Waals surface area contributed by atoms with Gasteiger partial charge in [-0.15, -0.1) is 0 Å². The van der Waals surface area contributed by atoms with Crippen LogP contribution in [0.4, 0.5) is 4.79 Å². The van der Waals surface area contributed by atoms with Crippen LogP contribution < -0.4 is 5.32 Å². The molecular weight excluding hydrogens is 394 g/mol. The number of nitrogens with zero attached hydrogens (tertiary/aromatic N) is 2. The van der Waals surface area contributed by atoms with E-state index in [1.807, 2.05) is 35.9 Å². The zero-order valence-corrected chi connectivity index (χ0v) is 17.1. The molecule has 5 rings (SSSR count). The van der Waals surface area contributed by atoms with E-state index in [1.54, 1.807) is 12.5 Å². The summed E-state index contributed by atoms with van der Waals surface area (Å²) >= 11 is 0. The van der Waals surface area contributed by atoms with E-state index in [4.69, 9.17) is 4.74 Å². The SMILES string of the molecule is Cn1cncc1C1(NC(=O)OCC2c3ccccc3-c3ccccc32)CC(C(=O)O)C1. The summed E-state index contributed by atoms with van der Waals surface area (Å²) in [6.07, 6.45) is 3.39. The molecule has 1 saturated carbocycles. The van der Waals surface area contributed by atoms with Crippen molar-refractivity contribution in [2.24, 2.45) is 13.0 Å². The number of carbonyl (C=O) groups excluding carboxylic acids is 1. The third-order valence-corrected chi connectivity index (χ3v) is 6.53. The zero-order valence-electron chi connectivity index (χ0n) is 17.1. The molecule has 158 valence electrons. The van der Waals surface area contributed by atoms with Crippen molar-refractivity contribution >= 4 is 12.1 Å². The Morgan fingerprint density at radius 2 is 1.74 bits per heavy atom. The highest BCUT2D eigenvalue weighted by molar-refractivity contribution is 5.79. The summed E-state index contributed by atoms with van der Waals surface area (Å²) in [5, 5.41) is 12.3. The van der Waals surface area contributed by atoms with Crippen molar-refractivity contribution in [2.75, 3.05) is 6.61 Å². The minimum atomic E-state index is -0.855. The lowest BCUT2D eigenvalue weighted by Gasteiger charge is -2.45. The molecule has 2 aromatic carbocycles. The van der Waals surface area contributed by atoms with Crippen molar-refractivity contribution in [3.63, 3.8) is 0 Å². The van der Waals surface area contributed by atoms with Gasteiger partial charge in [-0.2, -0.15) is 0 Å². The molecule has 7 heteroatoms. The Kier molecular flexibility index (Phi) is 4.54. The van der Waals surface area contributed by atoms with Crippen LogP contribution >= 0.6 is 0 Å². The van der Waals surface area contributed by atoms with Gasteiger partial charge in [0, 0.05) is 13.0 Å². The molecule has 0 unspecified atom stereocenters. The predicted octanol–water partition coefficient (Wildman–Crippen LogP) is 3.65. The average molecular weight is 417 g/mol. The fourth-order valence-corrected chi connectivity index (χ4v) is 4.98. The topological polar surface area (TPSA) is 93.5 Å². The number of nitrogens with one attached hydrogen (secondary N) is 1. The maximum absolute atomic E-state index is 12.8. The molecule has 1 fully saturated rings. The highest BCUT2D eigenvalue weighted by Gasteiger charge is 2.51. The number of carboxylic acids is 1. The Hall–Kier alpha value is -3.61. The summed E-state index contributed by atoms with van der Waals surface area (Å²) in [6.45, 7) is 0.212. The Bertz CT molecular complexity index is 1120. The van der Waals surface area contributed by atoms with E-state index in [-0.39, 0.29) is 12.5 Å². The van der Waals surface area contributed by atoms with Gasteiger partial charge in [0.1, 0.15) is 6.61 Å². The van der Waals surface area contributed by atoms with Crippen molar-refractivity contribution in [1.29, 1.82) is 0 Å². The van der Waals surface area contributed by atoms with Crippen LogP contribution in [-0.2, 0) is 22.1 Å². The summed E-state index contributed by atoms with van der Waals surface area (Å²) in [7, 11) is 1.83.